The van der Waals surface area contributed by atoms with Crippen LogP contribution < -0.4 is 5.32 Å². The van der Waals surface area contributed by atoms with Crippen molar-refractivity contribution in [3.63, 3.8) is 0 Å². The zero-order valence-corrected chi connectivity index (χ0v) is 11.4. The molecule has 1 amide bonds. The van der Waals surface area contributed by atoms with Crippen LogP contribution >= 0.6 is 15.9 Å². The molecule has 94 valence electrons. The molecule has 4 heteroatoms. The van der Waals surface area contributed by atoms with Gasteiger partial charge in [0.25, 0.3) is 5.91 Å². The predicted octanol–water partition coefficient (Wildman–Crippen LogP) is 4.08. The topological polar surface area (TPSA) is 29.1 Å². The first-order valence-corrected chi connectivity index (χ1v) is 6.52. The van der Waals surface area contributed by atoms with Gasteiger partial charge in [-0.15, -0.1) is 0 Å². The number of hydrogen-bond acceptors (Lipinski definition) is 1. The van der Waals surface area contributed by atoms with Gasteiger partial charge < -0.3 is 5.32 Å². The molecule has 0 saturated carbocycles. The Morgan fingerprint density at radius 1 is 1.16 bits per heavy atom. The fourth-order valence-corrected chi connectivity index (χ4v) is 2.41. The summed E-state index contributed by atoms with van der Waals surface area (Å²) in [5.41, 5.74) is 2.40. The molecule has 19 heavy (non-hydrogen) atoms. The van der Waals surface area contributed by atoms with Gasteiger partial charge in [0.15, 0.2) is 0 Å². The van der Waals surface area contributed by atoms with Gasteiger partial charge in [0.2, 0.25) is 0 Å². The van der Waals surface area contributed by atoms with E-state index in [0.29, 0.717) is 11.1 Å². The number of hydrogen-bond donors (Lipinski definition) is 1. The average molecular weight is 318 g/mol. The van der Waals surface area contributed by atoms with E-state index >= 15 is 0 Å². The lowest BCUT2D eigenvalue weighted by Crippen LogP contribution is -2.03. The molecule has 0 aliphatic carbocycles. The maximum atomic E-state index is 13.6. The first-order valence-electron chi connectivity index (χ1n) is 5.72. The quantitative estimate of drug-likeness (QED) is 0.789. The van der Waals surface area contributed by atoms with E-state index in [9.17, 15) is 9.18 Å². The van der Waals surface area contributed by atoms with E-state index in [2.05, 4.69) is 21.2 Å². The van der Waals surface area contributed by atoms with Crippen LogP contribution in [0.1, 0.15) is 11.1 Å². The second-order valence-corrected chi connectivity index (χ2v) is 5.14. The summed E-state index contributed by atoms with van der Waals surface area (Å²) in [6, 6.07) is 11.9. The number of carbonyl (C=O) groups excluding carboxylic acids is 1. The molecule has 2 nitrogen and oxygen atoms in total. The van der Waals surface area contributed by atoms with Crippen LogP contribution in [-0.4, -0.2) is 5.91 Å². The van der Waals surface area contributed by atoms with E-state index in [-0.39, 0.29) is 11.7 Å². The molecule has 2 aromatic rings. The molecule has 2 aromatic carbocycles. The highest BCUT2D eigenvalue weighted by molar-refractivity contribution is 9.10. The molecule has 1 heterocycles. The second kappa shape index (κ2) is 4.63. The number of rotatable bonds is 1. The van der Waals surface area contributed by atoms with Gasteiger partial charge in [0.05, 0.1) is 0 Å². The summed E-state index contributed by atoms with van der Waals surface area (Å²) in [4.78, 5) is 11.9. The number of halogens is 2. The van der Waals surface area contributed by atoms with Crippen LogP contribution in [0.25, 0.3) is 11.6 Å². The molecule has 0 saturated heterocycles. The normalized spacial score (nSPS) is 15.5. The third-order valence-electron chi connectivity index (χ3n) is 2.97. The Balaban J connectivity index is 2.14. The first-order chi connectivity index (χ1) is 9.15. The summed E-state index contributed by atoms with van der Waals surface area (Å²) >= 11 is 3.37. The van der Waals surface area contributed by atoms with Crippen molar-refractivity contribution in [3.05, 3.63) is 63.9 Å². The zero-order chi connectivity index (χ0) is 13.4. The van der Waals surface area contributed by atoms with Gasteiger partial charge >= 0.3 is 0 Å². The molecule has 0 atom stereocenters. The van der Waals surface area contributed by atoms with Crippen LogP contribution in [0, 0.1) is 5.82 Å². The molecule has 0 aromatic heterocycles. The summed E-state index contributed by atoms with van der Waals surface area (Å²) in [6.07, 6.45) is 1.57. The number of amides is 1. The van der Waals surface area contributed by atoms with E-state index in [1.165, 1.54) is 6.07 Å². The Labute approximate surface area is 118 Å². The number of fused-ring (bicyclic) bond motifs is 1. The number of benzene rings is 2. The Morgan fingerprint density at radius 2 is 1.95 bits per heavy atom. The number of nitrogens with one attached hydrogen (secondary N) is 1. The molecule has 1 aliphatic heterocycles. The maximum Gasteiger partial charge on any atom is 0.256 e. The summed E-state index contributed by atoms with van der Waals surface area (Å²) < 4.78 is 14.5. The Bertz CT molecular complexity index is 709. The summed E-state index contributed by atoms with van der Waals surface area (Å²) in [5.74, 6) is -0.553. The highest BCUT2D eigenvalue weighted by atomic mass is 79.9. The minimum absolute atomic E-state index is 0.212. The van der Waals surface area contributed by atoms with Gasteiger partial charge in [0, 0.05) is 26.9 Å². The summed E-state index contributed by atoms with van der Waals surface area (Å²) in [5, 5.41) is 2.76. The van der Waals surface area contributed by atoms with Gasteiger partial charge in [-0.1, -0.05) is 34.1 Å². The molecular formula is C15H9BrFNO. The number of carbonyl (C=O) groups is 1. The van der Waals surface area contributed by atoms with Gasteiger partial charge in [-0.3, -0.25) is 4.79 Å². The van der Waals surface area contributed by atoms with Gasteiger partial charge in [-0.2, -0.15) is 0 Å². The van der Waals surface area contributed by atoms with Crippen LogP contribution in [0.3, 0.4) is 0 Å². The van der Waals surface area contributed by atoms with Crippen molar-refractivity contribution < 1.29 is 9.18 Å². The highest BCUT2D eigenvalue weighted by Crippen LogP contribution is 2.35. The monoisotopic (exact) mass is 317 g/mol. The predicted molar refractivity (Wildman–Crippen MR) is 77.0 cm³/mol. The smallest absolute Gasteiger partial charge is 0.256 e. The van der Waals surface area contributed by atoms with Gasteiger partial charge in [-0.25, -0.2) is 4.39 Å². The van der Waals surface area contributed by atoms with E-state index in [4.69, 9.17) is 0 Å². The van der Waals surface area contributed by atoms with Gasteiger partial charge in [-0.05, 0) is 30.3 Å². The maximum absolute atomic E-state index is 13.6. The lowest BCUT2D eigenvalue weighted by molar-refractivity contribution is -0.110. The minimum atomic E-state index is -0.341. The molecular weight excluding hydrogens is 309 g/mol. The van der Waals surface area contributed by atoms with Crippen molar-refractivity contribution in [1.29, 1.82) is 0 Å². The summed E-state index contributed by atoms with van der Waals surface area (Å²) in [6.45, 7) is 0. The van der Waals surface area contributed by atoms with Crippen molar-refractivity contribution >= 4 is 39.2 Å². The van der Waals surface area contributed by atoms with Crippen LogP contribution in [0.5, 0.6) is 0 Å². The SMILES string of the molecule is O=C1Nc2ccc(Br)cc2C1=Cc1ccccc1F. The lowest BCUT2D eigenvalue weighted by Gasteiger charge is -2.00. The fourth-order valence-electron chi connectivity index (χ4n) is 2.05. The van der Waals surface area contributed by atoms with Gasteiger partial charge in [0.1, 0.15) is 5.82 Å². The minimum Gasteiger partial charge on any atom is -0.321 e. The Morgan fingerprint density at radius 3 is 2.74 bits per heavy atom. The molecule has 1 N–H and O–H groups in total. The molecule has 0 spiro atoms. The van der Waals surface area contributed by atoms with Crippen LogP contribution in [-0.2, 0) is 4.79 Å². The van der Waals surface area contributed by atoms with E-state index in [1.807, 2.05) is 18.2 Å². The standard InChI is InChI=1S/C15H9BrFNO/c16-10-5-6-14-11(8-10)12(15(19)18-14)7-9-3-1-2-4-13(9)17/h1-8H,(H,18,19). The third kappa shape index (κ3) is 2.19. The highest BCUT2D eigenvalue weighted by Gasteiger charge is 2.24. The molecule has 3 rings (SSSR count). The molecule has 0 fully saturated rings. The fraction of sp³-hybridized carbons (Fsp3) is 0. The van der Waals surface area contributed by atoms with Crippen molar-refractivity contribution in [3.8, 4) is 0 Å². The average Bonchev–Trinajstić information content (AvgIpc) is 2.69. The van der Waals surface area contributed by atoms with Crippen molar-refractivity contribution in [2.45, 2.75) is 0 Å². The Kier molecular flexibility index (Phi) is 2.95. The molecule has 0 radical (unpaired) electrons. The molecule has 0 unspecified atom stereocenters. The third-order valence-corrected chi connectivity index (χ3v) is 3.46. The first kappa shape index (κ1) is 12.1. The van der Waals surface area contributed by atoms with Crippen LogP contribution in [0.4, 0.5) is 10.1 Å². The van der Waals surface area contributed by atoms with Crippen LogP contribution in [0.15, 0.2) is 46.9 Å². The second-order valence-electron chi connectivity index (χ2n) is 4.22. The van der Waals surface area contributed by atoms with Crippen molar-refractivity contribution in [1.82, 2.24) is 0 Å². The largest absolute Gasteiger partial charge is 0.321 e. The Hall–Kier alpha value is -1.94. The zero-order valence-electron chi connectivity index (χ0n) is 9.78. The van der Waals surface area contributed by atoms with Crippen molar-refractivity contribution in [2.75, 3.05) is 5.32 Å². The van der Waals surface area contributed by atoms with Crippen molar-refractivity contribution in [2.24, 2.45) is 0 Å². The van der Waals surface area contributed by atoms with E-state index in [1.54, 1.807) is 24.3 Å². The van der Waals surface area contributed by atoms with E-state index < -0.39 is 0 Å². The van der Waals surface area contributed by atoms with Crippen LogP contribution in [0.2, 0.25) is 0 Å². The molecule has 1 aliphatic rings. The summed E-state index contributed by atoms with van der Waals surface area (Å²) in [7, 11) is 0. The number of anilines is 1. The molecule has 0 bridgehead atoms. The van der Waals surface area contributed by atoms with E-state index in [0.717, 1.165) is 15.7 Å². The lowest BCUT2D eigenvalue weighted by atomic mass is 10.0.